The number of aromatic nitrogens is 2. The zero-order valence-electron chi connectivity index (χ0n) is 15.4. The summed E-state index contributed by atoms with van der Waals surface area (Å²) in [6.45, 7) is 0.590. The molecule has 25 heavy (non-hydrogen) atoms. The number of hydrogen-bond donors (Lipinski definition) is 2. The highest BCUT2D eigenvalue weighted by Gasteiger charge is 2.16. The van der Waals surface area contributed by atoms with Gasteiger partial charge in [-0.15, -0.1) is 0 Å². The molecule has 1 heterocycles. The first kappa shape index (κ1) is 17.5. The number of nitrogens with zero attached hydrogens (tertiary/aromatic N) is 4. The number of nitrogens with two attached hydrogens (primary N) is 1. The van der Waals surface area contributed by atoms with Gasteiger partial charge in [-0.3, -0.25) is 9.67 Å². The topological polar surface area (TPSA) is 71.5 Å². The van der Waals surface area contributed by atoms with Gasteiger partial charge in [0, 0.05) is 24.5 Å². The van der Waals surface area contributed by atoms with Crippen LogP contribution in [0.5, 0.6) is 0 Å². The monoisotopic (exact) mass is 340 g/mol. The minimum atomic E-state index is 0.152. The molecule has 0 fully saturated rings. The van der Waals surface area contributed by atoms with Gasteiger partial charge >= 0.3 is 0 Å². The Hall–Kier alpha value is -2.34. The van der Waals surface area contributed by atoms with Gasteiger partial charge in [0.2, 0.25) is 0 Å². The maximum atomic E-state index is 6.17. The lowest BCUT2D eigenvalue weighted by Gasteiger charge is -2.22. The molecule has 1 atom stereocenters. The van der Waals surface area contributed by atoms with Crippen LogP contribution >= 0.6 is 0 Å². The number of guanidine groups is 1. The molecule has 0 amide bonds. The zero-order valence-corrected chi connectivity index (χ0v) is 15.4. The highest BCUT2D eigenvalue weighted by atomic mass is 15.2. The average Bonchev–Trinajstić information content (AvgIpc) is 3.01. The third-order valence-corrected chi connectivity index (χ3v) is 4.83. The van der Waals surface area contributed by atoms with E-state index in [4.69, 9.17) is 5.73 Å². The average molecular weight is 340 g/mol. The Balaban J connectivity index is 1.71. The van der Waals surface area contributed by atoms with Gasteiger partial charge in [0.15, 0.2) is 5.96 Å². The molecule has 0 spiro atoms. The molecule has 2 aromatic rings. The SMILES string of the molecule is CN(C)C(CN=C(N)Nc1cccc2c1CCCC2)c1cnn(C)c1. The number of likely N-dealkylation sites (N-methyl/N-ethyl adjacent to an activating group) is 1. The highest BCUT2D eigenvalue weighted by molar-refractivity contribution is 5.93. The standard InChI is InChI=1S/C19H28N6/c1-24(2)18(15-11-22-25(3)13-15)12-21-19(20)23-17-10-6-8-14-7-4-5-9-16(14)17/h6,8,10-11,13,18H,4-5,7,9,12H2,1-3H3,(H3,20,21,23). The first-order chi connectivity index (χ1) is 12.0. The first-order valence-corrected chi connectivity index (χ1v) is 8.87. The van der Waals surface area contributed by atoms with Crippen LogP contribution in [0.4, 0.5) is 5.69 Å². The number of fused-ring (bicyclic) bond motifs is 1. The lowest BCUT2D eigenvalue weighted by Crippen LogP contribution is -2.27. The summed E-state index contributed by atoms with van der Waals surface area (Å²) in [6.07, 6.45) is 8.70. The fourth-order valence-corrected chi connectivity index (χ4v) is 3.44. The molecule has 0 radical (unpaired) electrons. The van der Waals surface area contributed by atoms with Gasteiger partial charge < -0.3 is 16.0 Å². The number of hydrogen-bond acceptors (Lipinski definition) is 3. The van der Waals surface area contributed by atoms with E-state index in [1.807, 2.05) is 38.2 Å². The molecule has 6 nitrogen and oxygen atoms in total. The van der Waals surface area contributed by atoms with E-state index in [2.05, 4.69) is 38.5 Å². The van der Waals surface area contributed by atoms with E-state index in [1.165, 1.54) is 24.0 Å². The van der Waals surface area contributed by atoms with Crippen LogP contribution in [-0.4, -0.2) is 41.3 Å². The van der Waals surface area contributed by atoms with Crippen molar-refractivity contribution in [2.75, 3.05) is 26.0 Å². The number of nitrogens with one attached hydrogen (secondary N) is 1. The molecule has 1 aliphatic carbocycles. The van der Waals surface area contributed by atoms with E-state index in [1.54, 1.807) is 0 Å². The number of rotatable bonds is 5. The highest BCUT2D eigenvalue weighted by Crippen LogP contribution is 2.27. The van der Waals surface area contributed by atoms with E-state index in [0.717, 1.165) is 24.1 Å². The Labute approximate surface area is 149 Å². The minimum Gasteiger partial charge on any atom is -0.370 e. The summed E-state index contributed by atoms with van der Waals surface area (Å²) in [5.74, 6) is 0.467. The van der Waals surface area contributed by atoms with Gasteiger partial charge in [-0.2, -0.15) is 5.10 Å². The molecule has 1 aromatic carbocycles. The van der Waals surface area contributed by atoms with Crippen molar-refractivity contribution >= 4 is 11.6 Å². The van der Waals surface area contributed by atoms with Crippen LogP contribution in [0.3, 0.4) is 0 Å². The lowest BCUT2D eigenvalue weighted by atomic mass is 9.90. The Morgan fingerprint density at radius 3 is 2.88 bits per heavy atom. The van der Waals surface area contributed by atoms with Crippen LogP contribution < -0.4 is 11.1 Å². The summed E-state index contributed by atoms with van der Waals surface area (Å²) in [5.41, 5.74) is 11.2. The van der Waals surface area contributed by atoms with Crippen LogP contribution in [0.1, 0.15) is 35.6 Å². The third kappa shape index (κ3) is 4.20. The number of aliphatic imine (C=N–C) groups is 1. The Morgan fingerprint density at radius 1 is 1.36 bits per heavy atom. The Morgan fingerprint density at radius 2 is 2.16 bits per heavy atom. The van der Waals surface area contributed by atoms with Gasteiger partial charge in [-0.1, -0.05) is 12.1 Å². The van der Waals surface area contributed by atoms with Crippen molar-refractivity contribution in [3.8, 4) is 0 Å². The van der Waals surface area contributed by atoms with Crippen LogP contribution in [0, 0.1) is 0 Å². The van der Waals surface area contributed by atoms with Crippen molar-refractivity contribution in [3.05, 3.63) is 47.3 Å². The molecule has 1 aliphatic rings. The molecular formula is C19H28N6. The largest absolute Gasteiger partial charge is 0.370 e. The molecule has 3 N–H and O–H groups in total. The van der Waals surface area contributed by atoms with Crippen LogP contribution in [0.15, 0.2) is 35.6 Å². The first-order valence-electron chi connectivity index (χ1n) is 8.87. The summed E-state index contributed by atoms with van der Waals surface area (Å²) in [5, 5.41) is 7.57. The maximum Gasteiger partial charge on any atom is 0.193 e. The number of anilines is 1. The molecule has 134 valence electrons. The van der Waals surface area contributed by atoms with E-state index in [9.17, 15) is 0 Å². The minimum absolute atomic E-state index is 0.152. The van der Waals surface area contributed by atoms with E-state index < -0.39 is 0 Å². The maximum absolute atomic E-state index is 6.17. The third-order valence-electron chi connectivity index (χ3n) is 4.83. The molecule has 1 aromatic heterocycles. The number of benzene rings is 1. The second kappa shape index (κ2) is 7.70. The van der Waals surface area contributed by atoms with Crippen molar-refractivity contribution in [1.29, 1.82) is 0 Å². The lowest BCUT2D eigenvalue weighted by molar-refractivity contribution is 0.306. The summed E-state index contributed by atoms with van der Waals surface area (Å²) >= 11 is 0. The van der Waals surface area contributed by atoms with E-state index in [-0.39, 0.29) is 6.04 Å². The second-order valence-electron chi connectivity index (χ2n) is 6.93. The molecule has 1 unspecified atom stereocenters. The van der Waals surface area contributed by atoms with Crippen LogP contribution in [0.25, 0.3) is 0 Å². The molecule has 0 saturated heterocycles. The smallest absolute Gasteiger partial charge is 0.193 e. The van der Waals surface area contributed by atoms with Gasteiger partial charge in [0.05, 0.1) is 18.8 Å². The molecule has 0 aliphatic heterocycles. The fourth-order valence-electron chi connectivity index (χ4n) is 3.44. The molecule has 0 bridgehead atoms. The van der Waals surface area contributed by atoms with Crippen molar-refractivity contribution in [1.82, 2.24) is 14.7 Å². The summed E-state index contributed by atoms with van der Waals surface area (Å²) in [4.78, 5) is 6.72. The summed E-state index contributed by atoms with van der Waals surface area (Å²) < 4.78 is 1.81. The predicted molar refractivity (Wildman–Crippen MR) is 103 cm³/mol. The molecule has 0 saturated carbocycles. The second-order valence-corrected chi connectivity index (χ2v) is 6.93. The normalized spacial score (nSPS) is 15.9. The van der Waals surface area contributed by atoms with Gasteiger partial charge in [-0.25, -0.2) is 0 Å². The van der Waals surface area contributed by atoms with Crippen molar-refractivity contribution < 1.29 is 0 Å². The Bertz CT molecular complexity index is 746. The molecular weight excluding hydrogens is 312 g/mol. The summed E-state index contributed by atoms with van der Waals surface area (Å²) in [6, 6.07) is 6.56. The van der Waals surface area contributed by atoms with Gasteiger partial charge in [-0.05, 0) is 57.0 Å². The van der Waals surface area contributed by atoms with Crippen LogP contribution in [0.2, 0.25) is 0 Å². The van der Waals surface area contributed by atoms with E-state index in [0.29, 0.717) is 12.5 Å². The Kier molecular flexibility index (Phi) is 5.38. The summed E-state index contributed by atoms with van der Waals surface area (Å²) in [7, 11) is 6.02. The van der Waals surface area contributed by atoms with Gasteiger partial charge in [0.25, 0.3) is 0 Å². The molecule has 3 rings (SSSR count). The van der Waals surface area contributed by atoms with Crippen molar-refractivity contribution in [3.63, 3.8) is 0 Å². The fraction of sp³-hybridized carbons (Fsp3) is 0.474. The quantitative estimate of drug-likeness (QED) is 0.647. The van der Waals surface area contributed by atoms with Crippen molar-refractivity contribution in [2.24, 2.45) is 17.8 Å². The zero-order chi connectivity index (χ0) is 17.8. The predicted octanol–water partition coefficient (Wildman–Crippen LogP) is 2.33. The van der Waals surface area contributed by atoms with Crippen molar-refractivity contribution in [2.45, 2.75) is 31.7 Å². The van der Waals surface area contributed by atoms with Gasteiger partial charge in [0.1, 0.15) is 0 Å². The molecule has 6 heteroatoms. The number of aryl methyl sites for hydroxylation is 2. The van der Waals surface area contributed by atoms with Crippen LogP contribution in [-0.2, 0) is 19.9 Å². The van der Waals surface area contributed by atoms with E-state index >= 15 is 0 Å².